The smallest absolute Gasteiger partial charge is 0.127 e. The predicted molar refractivity (Wildman–Crippen MR) is 54.8 cm³/mol. The minimum Gasteiger partial charge on any atom is -0.328 e. The van der Waals surface area contributed by atoms with Gasteiger partial charge in [0.15, 0.2) is 0 Å². The zero-order chi connectivity index (χ0) is 10.6. The molecule has 0 radical (unpaired) electrons. The molecule has 1 heterocycles. The van der Waals surface area contributed by atoms with Gasteiger partial charge in [0.25, 0.3) is 0 Å². The fourth-order valence-corrected chi connectivity index (χ4v) is 1.38. The van der Waals surface area contributed by atoms with Crippen molar-refractivity contribution >= 4 is 0 Å². The van der Waals surface area contributed by atoms with Crippen LogP contribution < -0.4 is 5.73 Å². The predicted octanol–water partition coefficient (Wildman–Crippen LogP) is 1.52. The first-order valence-electron chi connectivity index (χ1n) is 5.04. The highest BCUT2D eigenvalue weighted by Crippen LogP contribution is 2.20. The molecular formula is C10H18FN3. The van der Waals surface area contributed by atoms with Crippen LogP contribution in [0.1, 0.15) is 25.8 Å². The number of nitrogens with zero attached hydrogens (tertiary/aromatic N) is 2. The van der Waals surface area contributed by atoms with E-state index < -0.39 is 5.67 Å². The fraction of sp³-hybridized carbons (Fsp3) is 0.700. The third-order valence-electron chi connectivity index (χ3n) is 2.53. The highest BCUT2D eigenvalue weighted by molar-refractivity contribution is 5.08. The Bertz CT molecular complexity index is 279. The summed E-state index contributed by atoms with van der Waals surface area (Å²) in [7, 11) is 0. The number of hydrogen-bond acceptors (Lipinski definition) is 2. The molecule has 0 saturated carbocycles. The lowest BCUT2D eigenvalue weighted by atomic mass is 9.96. The maximum Gasteiger partial charge on any atom is 0.127 e. The van der Waals surface area contributed by atoms with Gasteiger partial charge in [-0.3, -0.25) is 4.68 Å². The molecule has 1 rings (SSSR count). The second kappa shape index (κ2) is 4.55. The van der Waals surface area contributed by atoms with Crippen molar-refractivity contribution in [2.24, 2.45) is 5.73 Å². The fourth-order valence-electron chi connectivity index (χ4n) is 1.38. The average Bonchev–Trinajstić information content (AvgIpc) is 2.65. The third-order valence-corrected chi connectivity index (χ3v) is 2.53. The summed E-state index contributed by atoms with van der Waals surface area (Å²) in [6.45, 7) is 4.70. The summed E-state index contributed by atoms with van der Waals surface area (Å²) in [5.41, 5.74) is 5.04. The number of halogens is 1. The number of aryl methyl sites for hydroxylation is 1. The lowest BCUT2D eigenvalue weighted by molar-refractivity contribution is 0.167. The average molecular weight is 199 g/mol. The Morgan fingerprint density at radius 1 is 1.57 bits per heavy atom. The lowest BCUT2D eigenvalue weighted by Crippen LogP contribution is -2.34. The van der Waals surface area contributed by atoms with Gasteiger partial charge in [-0.2, -0.15) is 5.10 Å². The van der Waals surface area contributed by atoms with Gasteiger partial charge in [-0.05, 0) is 18.9 Å². The number of rotatable bonds is 5. The van der Waals surface area contributed by atoms with Gasteiger partial charge in [0, 0.05) is 25.7 Å². The van der Waals surface area contributed by atoms with Gasteiger partial charge < -0.3 is 5.73 Å². The zero-order valence-electron chi connectivity index (χ0n) is 8.83. The molecule has 1 atom stereocenters. The zero-order valence-corrected chi connectivity index (χ0v) is 8.83. The van der Waals surface area contributed by atoms with E-state index in [9.17, 15) is 4.39 Å². The Balaban J connectivity index is 2.67. The van der Waals surface area contributed by atoms with Crippen molar-refractivity contribution in [2.45, 2.75) is 38.9 Å². The van der Waals surface area contributed by atoms with E-state index in [1.165, 1.54) is 0 Å². The van der Waals surface area contributed by atoms with Crippen molar-refractivity contribution in [1.82, 2.24) is 9.78 Å². The van der Waals surface area contributed by atoms with E-state index in [2.05, 4.69) is 5.10 Å². The van der Waals surface area contributed by atoms with Crippen molar-refractivity contribution in [3.8, 4) is 0 Å². The van der Waals surface area contributed by atoms with Crippen LogP contribution in [0.3, 0.4) is 0 Å². The molecular weight excluding hydrogens is 181 g/mol. The third kappa shape index (κ3) is 2.54. The van der Waals surface area contributed by atoms with Gasteiger partial charge in [0.1, 0.15) is 5.67 Å². The van der Waals surface area contributed by atoms with Gasteiger partial charge in [0.05, 0.1) is 6.20 Å². The summed E-state index contributed by atoms with van der Waals surface area (Å²) in [6, 6.07) is 0. The first-order valence-corrected chi connectivity index (χ1v) is 5.04. The van der Waals surface area contributed by atoms with Crippen LogP contribution in [0.4, 0.5) is 4.39 Å². The van der Waals surface area contributed by atoms with Gasteiger partial charge in [0.2, 0.25) is 0 Å². The van der Waals surface area contributed by atoms with Crippen LogP contribution in [-0.2, 0) is 13.0 Å². The van der Waals surface area contributed by atoms with E-state index in [4.69, 9.17) is 5.73 Å². The molecule has 4 heteroatoms. The molecule has 2 N–H and O–H groups in total. The van der Waals surface area contributed by atoms with Crippen molar-refractivity contribution in [2.75, 3.05) is 6.54 Å². The number of nitrogens with two attached hydrogens (primary N) is 1. The normalized spacial score (nSPS) is 15.4. The molecule has 1 aromatic rings. The Hall–Kier alpha value is -0.900. The molecule has 1 unspecified atom stereocenters. The van der Waals surface area contributed by atoms with Crippen LogP contribution in [-0.4, -0.2) is 22.0 Å². The molecule has 14 heavy (non-hydrogen) atoms. The summed E-state index contributed by atoms with van der Waals surface area (Å²) in [5, 5.41) is 4.10. The van der Waals surface area contributed by atoms with Gasteiger partial charge in [-0.1, -0.05) is 6.92 Å². The van der Waals surface area contributed by atoms with E-state index in [1.54, 1.807) is 10.9 Å². The maximum absolute atomic E-state index is 13.9. The standard InChI is InChI=1S/C10H18FN3/c1-3-10(11,8-12)5-9-6-13-14(4-2)7-9/h6-7H,3-5,8,12H2,1-2H3. The van der Waals surface area contributed by atoms with Crippen LogP contribution in [0.15, 0.2) is 12.4 Å². The van der Waals surface area contributed by atoms with E-state index in [0.29, 0.717) is 12.8 Å². The van der Waals surface area contributed by atoms with Crippen LogP contribution in [0.5, 0.6) is 0 Å². The molecule has 0 aliphatic carbocycles. The molecule has 0 aliphatic rings. The van der Waals surface area contributed by atoms with Crippen LogP contribution in [0, 0.1) is 0 Å². The van der Waals surface area contributed by atoms with Crippen LogP contribution >= 0.6 is 0 Å². The van der Waals surface area contributed by atoms with Crippen LogP contribution in [0.25, 0.3) is 0 Å². The summed E-state index contributed by atoms with van der Waals surface area (Å²) < 4.78 is 15.7. The summed E-state index contributed by atoms with van der Waals surface area (Å²) in [4.78, 5) is 0. The molecule has 1 aromatic heterocycles. The van der Waals surface area contributed by atoms with Gasteiger partial charge in [-0.15, -0.1) is 0 Å². The Kier molecular flexibility index (Phi) is 3.63. The van der Waals surface area contributed by atoms with Crippen molar-refractivity contribution in [3.63, 3.8) is 0 Å². The SMILES string of the molecule is CCn1cc(CC(F)(CC)CN)cn1. The monoisotopic (exact) mass is 199 g/mol. The largest absolute Gasteiger partial charge is 0.328 e. The van der Waals surface area contributed by atoms with Crippen molar-refractivity contribution in [1.29, 1.82) is 0 Å². The topological polar surface area (TPSA) is 43.8 Å². The van der Waals surface area contributed by atoms with Gasteiger partial charge >= 0.3 is 0 Å². The number of alkyl halides is 1. The molecule has 0 saturated heterocycles. The summed E-state index contributed by atoms with van der Waals surface area (Å²) in [6.07, 6.45) is 4.39. The minimum absolute atomic E-state index is 0.0702. The quantitative estimate of drug-likeness (QED) is 0.781. The Morgan fingerprint density at radius 3 is 2.71 bits per heavy atom. The van der Waals surface area contributed by atoms with Crippen LogP contribution in [0.2, 0.25) is 0 Å². The molecule has 0 amide bonds. The highest BCUT2D eigenvalue weighted by atomic mass is 19.1. The number of aromatic nitrogens is 2. The molecule has 0 fully saturated rings. The maximum atomic E-state index is 13.9. The minimum atomic E-state index is -1.28. The molecule has 3 nitrogen and oxygen atoms in total. The second-order valence-electron chi connectivity index (χ2n) is 3.59. The lowest BCUT2D eigenvalue weighted by Gasteiger charge is -2.20. The number of hydrogen-bond donors (Lipinski definition) is 1. The second-order valence-corrected chi connectivity index (χ2v) is 3.59. The van der Waals surface area contributed by atoms with Gasteiger partial charge in [-0.25, -0.2) is 4.39 Å². The van der Waals surface area contributed by atoms with E-state index in [-0.39, 0.29) is 6.54 Å². The molecule has 0 aliphatic heterocycles. The Labute approximate surface area is 84.1 Å². The van der Waals surface area contributed by atoms with E-state index >= 15 is 0 Å². The summed E-state index contributed by atoms with van der Waals surface area (Å²) in [5.74, 6) is 0. The molecule has 0 spiro atoms. The Morgan fingerprint density at radius 2 is 2.29 bits per heavy atom. The van der Waals surface area contributed by atoms with E-state index in [0.717, 1.165) is 12.1 Å². The van der Waals surface area contributed by atoms with Crippen molar-refractivity contribution < 1.29 is 4.39 Å². The molecule has 0 bridgehead atoms. The highest BCUT2D eigenvalue weighted by Gasteiger charge is 2.26. The summed E-state index contributed by atoms with van der Waals surface area (Å²) >= 11 is 0. The molecule has 0 aromatic carbocycles. The molecule has 80 valence electrons. The first kappa shape index (κ1) is 11.2. The van der Waals surface area contributed by atoms with Crippen molar-refractivity contribution in [3.05, 3.63) is 18.0 Å². The van der Waals surface area contributed by atoms with E-state index in [1.807, 2.05) is 20.0 Å². The first-order chi connectivity index (χ1) is 6.63.